The second-order valence-corrected chi connectivity index (χ2v) is 15.0. The molecule has 0 aromatic carbocycles. The smallest absolute Gasteiger partial charge is 0.281 e. The number of nitrogens with zero attached hydrogens (tertiary/aromatic N) is 5. The summed E-state index contributed by atoms with van der Waals surface area (Å²) >= 11 is 0. The van der Waals surface area contributed by atoms with Gasteiger partial charge in [0.15, 0.2) is 10.8 Å². The third kappa shape index (κ3) is 5.40. The van der Waals surface area contributed by atoms with Crippen molar-refractivity contribution in [3.8, 4) is 11.7 Å². The summed E-state index contributed by atoms with van der Waals surface area (Å²) in [6.07, 6.45) is 8.60. The number of aliphatic hydroxyl groups excluding tert-OH is 1. The fraction of sp³-hybridized carbons (Fsp3) is 0.548. The molecule has 3 N–H and O–H groups in total. The van der Waals surface area contributed by atoms with E-state index in [-0.39, 0.29) is 22.7 Å². The van der Waals surface area contributed by atoms with Gasteiger partial charge in [-0.25, -0.2) is 19.4 Å². The SMILES string of the molecule is CC1(C)C[C@@H]2CCCNc3cccc(n3)S(=O)(=O)NC(=O)c3ccc(-n4ccc(OCC(O)C5CCC56CC6)n4)nc3N1C2. The molecule has 4 aliphatic rings. The first-order valence-electron chi connectivity index (χ1n) is 15.5. The van der Waals surface area contributed by atoms with Crippen molar-refractivity contribution in [3.63, 3.8) is 0 Å². The molecule has 7 rings (SSSR count). The van der Waals surface area contributed by atoms with E-state index in [0.717, 1.165) is 25.7 Å². The summed E-state index contributed by atoms with van der Waals surface area (Å²) in [6.45, 7) is 5.76. The number of hydrogen-bond donors (Lipinski definition) is 3. The molecule has 2 aliphatic heterocycles. The summed E-state index contributed by atoms with van der Waals surface area (Å²) in [4.78, 5) is 24.8. The van der Waals surface area contributed by atoms with Gasteiger partial charge in [-0.15, -0.1) is 5.10 Å². The summed E-state index contributed by atoms with van der Waals surface area (Å²) in [5.41, 5.74) is 0.179. The maximum atomic E-state index is 13.6. The van der Waals surface area contributed by atoms with Gasteiger partial charge in [-0.2, -0.15) is 8.42 Å². The van der Waals surface area contributed by atoms with Gasteiger partial charge in [0.1, 0.15) is 18.2 Å². The average Bonchev–Trinajstić information content (AvgIpc) is 3.59. The van der Waals surface area contributed by atoms with Gasteiger partial charge in [0.2, 0.25) is 5.88 Å². The Morgan fingerprint density at radius 1 is 1.11 bits per heavy atom. The third-order valence-corrected chi connectivity index (χ3v) is 11.2. The molecule has 2 aliphatic carbocycles. The number of hydrogen-bond acceptors (Lipinski definition) is 10. The van der Waals surface area contributed by atoms with Gasteiger partial charge in [0, 0.05) is 30.9 Å². The molecule has 5 heterocycles. The van der Waals surface area contributed by atoms with E-state index in [1.54, 1.807) is 41.2 Å². The largest absolute Gasteiger partial charge is 0.474 e. The summed E-state index contributed by atoms with van der Waals surface area (Å²) in [5.74, 6) is 1.56. The van der Waals surface area contributed by atoms with Crippen molar-refractivity contribution < 1.29 is 23.1 Å². The molecule has 1 amide bonds. The zero-order chi connectivity index (χ0) is 30.7. The van der Waals surface area contributed by atoms with E-state index in [9.17, 15) is 18.3 Å². The molecule has 2 unspecified atom stereocenters. The lowest BCUT2D eigenvalue weighted by molar-refractivity contribution is -0.0271. The number of carbonyl (C=O) groups excluding carboxylic acids is 1. The van der Waals surface area contributed by atoms with Gasteiger partial charge in [-0.3, -0.25) is 4.79 Å². The molecule has 3 aromatic heterocycles. The lowest BCUT2D eigenvalue weighted by Crippen LogP contribution is -2.41. The van der Waals surface area contributed by atoms with Crippen molar-refractivity contribution in [1.29, 1.82) is 0 Å². The zero-order valence-electron chi connectivity index (χ0n) is 25.1. The van der Waals surface area contributed by atoms with Gasteiger partial charge in [0.25, 0.3) is 15.9 Å². The minimum Gasteiger partial charge on any atom is -0.474 e. The molecule has 1 spiro atoms. The highest BCUT2D eigenvalue weighted by Crippen LogP contribution is 2.65. The third-order valence-electron chi connectivity index (χ3n) is 9.94. The highest BCUT2D eigenvalue weighted by molar-refractivity contribution is 7.90. The van der Waals surface area contributed by atoms with E-state index in [4.69, 9.17) is 9.72 Å². The number of aliphatic hydroxyl groups is 1. The maximum absolute atomic E-state index is 13.6. The first-order valence-corrected chi connectivity index (χ1v) is 17.0. The molecule has 234 valence electrons. The van der Waals surface area contributed by atoms with Crippen LogP contribution in [-0.4, -0.2) is 70.5 Å². The van der Waals surface area contributed by atoms with Crippen molar-refractivity contribution in [2.75, 3.05) is 29.9 Å². The Morgan fingerprint density at radius 3 is 2.73 bits per heavy atom. The van der Waals surface area contributed by atoms with Crippen LogP contribution in [0.4, 0.5) is 11.6 Å². The molecule has 1 saturated heterocycles. The number of amides is 1. The van der Waals surface area contributed by atoms with Crippen LogP contribution in [0.3, 0.4) is 0 Å². The lowest BCUT2D eigenvalue weighted by atomic mass is 9.67. The highest BCUT2D eigenvalue weighted by Gasteiger charge is 2.57. The number of ether oxygens (including phenoxy) is 1. The maximum Gasteiger partial charge on any atom is 0.281 e. The van der Waals surface area contributed by atoms with Crippen molar-refractivity contribution in [2.45, 2.75) is 75.5 Å². The number of nitrogens with one attached hydrogen (secondary N) is 2. The molecule has 44 heavy (non-hydrogen) atoms. The van der Waals surface area contributed by atoms with Crippen LogP contribution in [0.5, 0.6) is 5.88 Å². The monoisotopic (exact) mass is 621 g/mol. The number of carbonyl (C=O) groups is 1. The summed E-state index contributed by atoms with van der Waals surface area (Å²) in [7, 11) is -4.25. The molecule has 3 fully saturated rings. The quantitative estimate of drug-likeness (QED) is 0.386. The van der Waals surface area contributed by atoms with E-state index in [1.165, 1.54) is 25.3 Å². The molecule has 4 bridgehead atoms. The molecular formula is C31H39N7O5S. The van der Waals surface area contributed by atoms with E-state index >= 15 is 0 Å². The van der Waals surface area contributed by atoms with Crippen molar-refractivity contribution in [1.82, 2.24) is 24.5 Å². The number of anilines is 2. The Morgan fingerprint density at radius 2 is 1.95 bits per heavy atom. The van der Waals surface area contributed by atoms with E-state index in [0.29, 0.717) is 53.7 Å². The Kier molecular flexibility index (Phi) is 7.07. The molecule has 13 heteroatoms. The molecule has 2 saturated carbocycles. The average molecular weight is 622 g/mol. The van der Waals surface area contributed by atoms with E-state index in [1.807, 2.05) is 0 Å². The fourth-order valence-electron chi connectivity index (χ4n) is 7.30. The van der Waals surface area contributed by atoms with Gasteiger partial charge >= 0.3 is 0 Å². The Hall–Kier alpha value is -3.71. The van der Waals surface area contributed by atoms with Crippen LogP contribution in [0, 0.1) is 17.3 Å². The van der Waals surface area contributed by atoms with Crippen molar-refractivity contribution >= 4 is 27.6 Å². The summed E-state index contributed by atoms with van der Waals surface area (Å²) in [5, 5.41) is 18.2. The first-order chi connectivity index (χ1) is 21.0. The Balaban J connectivity index is 1.18. The predicted octanol–water partition coefficient (Wildman–Crippen LogP) is 3.52. The number of rotatable bonds is 5. The normalized spacial score (nSPS) is 25.4. The first kappa shape index (κ1) is 29.0. The van der Waals surface area contributed by atoms with Crippen molar-refractivity contribution in [3.05, 3.63) is 48.2 Å². The van der Waals surface area contributed by atoms with Crippen LogP contribution >= 0.6 is 0 Å². The Labute approximate surface area is 257 Å². The van der Waals surface area contributed by atoms with E-state index in [2.05, 4.69) is 38.9 Å². The molecule has 12 nitrogen and oxygen atoms in total. The second kappa shape index (κ2) is 10.7. The van der Waals surface area contributed by atoms with Crippen LogP contribution < -0.4 is 19.7 Å². The summed E-state index contributed by atoms with van der Waals surface area (Å²) in [6, 6.07) is 9.63. The minimum atomic E-state index is -4.25. The van der Waals surface area contributed by atoms with Crippen LogP contribution in [-0.2, 0) is 10.0 Å². The number of aromatic nitrogens is 4. The number of pyridine rings is 2. The molecule has 3 aromatic rings. The van der Waals surface area contributed by atoms with Gasteiger partial charge in [-0.05, 0) is 100 Å². The van der Waals surface area contributed by atoms with Crippen LogP contribution in [0.2, 0.25) is 0 Å². The van der Waals surface area contributed by atoms with Gasteiger partial charge in [-0.1, -0.05) is 6.07 Å². The number of sulfonamides is 1. The molecule has 3 atom stereocenters. The minimum absolute atomic E-state index is 0.149. The predicted molar refractivity (Wildman–Crippen MR) is 163 cm³/mol. The zero-order valence-corrected chi connectivity index (χ0v) is 25.9. The van der Waals surface area contributed by atoms with Crippen LogP contribution in [0.25, 0.3) is 5.82 Å². The molecule has 0 radical (unpaired) electrons. The fourth-order valence-corrected chi connectivity index (χ4v) is 8.24. The standard InChI is InChI=1S/C31H39N7O5S/c1-30(2)17-20-5-4-15-32-24-6-3-7-27(33-24)44(41,42)36-29(40)21-8-9-25(34-28(21)37(30)18-20)38-16-11-26(35-38)43-19-23(39)22-10-12-31(22)13-14-31/h3,6-9,11,16,20,22-23,39H,4-5,10,12-15,17-19H2,1-2H3,(H,32,33)(H,36,40)/t20-,22?,23?/m0/s1. The van der Waals surface area contributed by atoms with Crippen molar-refractivity contribution in [2.24, 2.45) is 17.3 Å². The van der Waals surface area contributed by atoms with Crippen LogP contribution in [0.15, 0.2) is 47.6 Å². The Bertz CT molecular complexity index is 1690. The highest BCUT2D eigenvalue weighted by atomic mass is 32.2. The topological polar surface area (TPSA) is 152 Å². The molecular weight excluding hydrogens is 582 g/mol. The second-order valence-electron chi connectivity index (χ2n) is 13.4. The van der Waals surface area contributed by atoms with E-state index < -0.39 is 22.0 Å². The lowest BCUT2D eigenvalue weighted by Gasteiger charge is -2.40. The summed E-state index contributed by atoms with van der Waals surface area (Å²) < 4.78 is 36.1. The number of fused-ring (bicyclic) bond motifs is 6. The van der Waals surface area contributed by atoms with Gasteiger partial charge < -0.3 is 20.1 Å². The van der Waals surface area contributed by atoms with Gasteiger partial charge in [0.05, 0.1) is 11.7 Å². The van der Waals surface area contributed by atoms with Crippen LogP contribution in [0.1, 0.15) is 69.2 Å².